The molecule has 0 bridgehead atoms. The first-order valence-corrected chi connectivity index (χ1v) is 7.29. The Bertz CT molecular complexity index is 867. The van der Waals surface area contributed by atoms with Gasteiger partial charge < -0.3 is 14.8 Å². The van der Waals surface area contributed by atoms with Crippen molar-refractivity contribution in [1.29, 1.82) is 0 Å². The molecule has 26 heavy (non-hydrogen) atoms. The van der Waals surface area contributed by atoms with Crippen LogP contribution < -0.4 is 14.8 Å². The Hall–Kier alpha value is -3.69. The van der Waals surface area contributed by atoms with Crippen LogP contribution in [0, 0.1) is 20.2 Å². The van der Waals surface area contributed by atoms with Crippen molar-refractivity contribution in [3.05, 3.63) is 62.2 Å². The Kier molecular flexibility index (Phi) is 5.68. The summed E-state index contributed by atoms with van der Waals surface area (Å²) in [6.45, 7) is -0.242. The molecule has 0 fully saturated rings. The second-order valence-corrected chi connectivity index (χ2v) is 5.06. The third kappa shape index (κ3) is 4.04. The van der Waals surface area contributed by atoms with Gasteiger partial charge in [0.2, 0.25) is 0 Å². The molecule has 1 N–H and O–H groups in total. The number of hydrogen-bond donors (Lipinski definition) is 1. The van der Waals surface area contributed by atoms with Crippen molar-refractivity contribution in [2.24, 2.45) is 0 Å². The van der Waals surface area contributed by atoms with Crippen molar-refractivity contribution in [3.63, 3.8) is 0 Å². The van der Waals surface area contributed by atoms with Crippen LogP contribution in [0.1, 0.15) is 10.4 Å². The number of nitrogens with one attached hydrogen (secondary N) is 1. The molecule has 0 amide bonds. The van der Waals surface area contributed by atoms with Crippen molar-refractivity contribution < 1.29 is 24.1 Å². The number of nitro benzene ring substituents is 2. The van der Waals surface area contributed by atoms with Crippen LogP contribution in [-0.2, 0) is 0 Å². The van der Waals surface area contributed by atoms with Crippen LogP contribution in [-0.4, -0.2) is 36.4 Å². The summed E-state index contributed by atoms with van der Waals surface area (Å²) in [4.78, 5) is 32.7. The van der Waals surface area contributed by atoms with E-state index in [-0.39, 0.29) is 18.0 Å². The fraction of sp³-hybridized carbons (Fsp3) is 0.188. The van der Waals surface area contributed by atoms with E-state index in [4.69, 9.17) is 9.47 Å². The summed E-state index contributed by atoms with van der Waals surface area (Å²) < 4.78 is 10.2. The lowest BCUT2D eigenvalue weighted by Crippen LogP contribution is -2.15. The Morgan fingerprint density at radius 2 is 1.69 bits per heavy atom. The van der Waals surface area contributed by atoms with Crippen molar-refractivity contribution in [2.45, 2.75) is 0 Å². The number of Topliss-reactive ketones (excluding diaryl/α,β-unsaturated/α-hetero) is 1. The predicted octanol–water partition coefficient (Wildman–Crippen LogP) is 2.82. The zero-order valence-corrected chi connectivity index (χ0v) is 13.9. The molecule has 0 spiro atoms. The first-order valence-electron chi connectivity index (χ1n) is 7.29. The molecular weight excluding hydrogens is 346 g/mol. The number of non-ortho nitro benzene ring substituents is 1. The standard InChI is InChI=1S/C16H15N3O7/c1-25-15-6-3-10(7-16(15)26-2)14(20)9-17-12-5-4-11(18(21)22)8-13(12)19(23)24/h3-8,17H,9H2,1-2H3. The lowest BCUT2D eigenvalue weighted by atomic mass is 10.1. The van der Waals surface area contributed by atoms with Gasteiger partial charge in [0.25, 0.3) is 11.4 Å². The molecule has 0 saturated carbocycles. The smallest absolute Gasteiger partial charge is 0.299 e. The van der Waals surface area contributed by atoms with Gasteiger partial charge in [-0.05, 0) is 24.3 Å². The highest BCUT2D eigenvalue weighted by Crippen LogP contribution is 2.30. The van der Waals surface area contributed by atoms with E-state index in [2.05, 4.69) is 5.32 Å². The second-order valence-electron chi connectivity index (χ2n) is 5.06. The molecule has 2 aromatic rings. The van der Waals surface area contributed by atoms with E-state index in [1.165, 1.54) is 32.4 Å². The van der Waals surface area contributed by atoms with E-state index in [0.717, 1.165) is 12.1 Å². The number of benzene rings is 2. The summed E-state index contributed by atoms with van der Waals surface area (Å²) in [5.41, 5.74) is -0.568. The summed E-state index contributed by atoms with van der Waals surface area (Å²) in [6.07, 6.45) is 0. The fourth-order valence-corrected chi connectivity index (χ4v) is 2.22. The van der Waals surface area contributed by atoms with Gasteiger partial charge in [-0.2, -0.15) is 0 Å². The molecule has 0 unspecified atom stereocenters. The minimum atomic E-state index is -0.754. The number of nitrogens with zero attached hydrogens (tertiary/aromatic N) is 2. The SMILES string of the molecule is COc1ccc(C(=O)CNc2ccc([N+](=O)[O-])cc2[N+](=O)[O-])cc1OC. The molecule has 0 aliphatic rings. The number of ether oxygens (including phenoxy) is 2. The predicted molar refractivity (Wildman–Crippen MR) is 92.1 cm³/mol. The number of methoxy groups -OCH3 is 2. The number of nitro groups is 2. The van der Waals surface area contributed by atoms with E-state index < -0.39 is 21.2 Å². The van der Waals surface area contributed by atoms with Crippen molar-refractivity contribution in [2.75, 3.05) is 26.1 Å². The molecule has 0 heterocycles. The number of carbonyl (C=O) groups is 1. The summed E-state index contributed by atoms with van der Waals surface area (Å²) in [7, 11) is 2.90. The first kappa shape index (κ1) is 18.6. The molecule has 2 aromatic carbocycles. The summed E-state index contributed by atoms with van der Waals surface area (Å²) in [6, 6.07) is 7.75. The molecule has 2 rings (SSSR count). The van der Waals surface area contributed by atoms with Crippen LogP contribution >= 0.6 is 0 Å². The highest BCUT2D eigenvalue weighted by molar-refractivity contribution is 5.99. The minimum absolute atomic E-state index is 0.00873. The van der Waals surface area contributed by atoms with E-state index in [0.29, 0.717) is 17.1 Å². The van der Waals surface area contributed by atoms with Crippen molar-refractivity contribution in [3.8, 4) is 11.5 Å². The minimum Gasteiger partial charge on any atom is -0.493 e. The van der Waals surface area contributed by atoms with Gasteiger partial charge in [0, 0.05) is 11.6 Å². The Balaban J connectivity index is 2.19. The van der Waals surface area contributed by atoms with E-state index in [9.17, 15) is 25.0 Å². The van der Waals surface area contributed by atoms with Crippen LogP contribution in [0.5, 0.6) is 11.5 Å². The van der Waals surface area contributed by atoms with Crippen LogP contribution in [0.25, 0.3) is 0 Å². The lowest BCUT2D eigenvalue weighted by Gasteiger charge is -2.10. The quantitative estimate of drug-likeness (QED) is 0.431. The maximum atomic E-state index is 12.3. The lowest BCUT2D eigenvalue weighted by molar-refractivity contribution is -0.393. The van der Waals surface area contributed by atoms with Crippen LogP contribution in [0.4, 0.5) is 17.1 Å². The highest BCUT2D eigenvalue weighted by Gasteiger charge is 2.20. The molecule has 0 aromatic heterocycles. The van der Waals surface area contributed by atoms with E-state index >= 15 is 0 Å². The van der Waals surface area contributed by atoms with E-state index in [1.54, 1.807) is 6.07 Å². The van der Waals surface area contributed by atoms with Crippen LogP contribution in [0.15, 0.2) is 36.4 Å². The van der Waals surface area contributed by atoms with E-state index in [1.807, 2.05) is 0 Å². The molecule has 136 valence electrons. The average Bonchev–Trinajstić information content (AvgIpc) is 2.64. The summed E-state index contributed by atoms with van der Waals surface area (Å²) in [5.74, 6) is 0.487. The molecular formula is C16H15N3O7. The van der Waals surface area contributed by atoms with Gasteiger partial charge in [0.1, 0.15) is 5.69 Å². The molecule has 10 nitrogen and oxygen atoms in total. The Morgan fingerprint density at radius 1 is 1.00 bits per heavy atom. The molecule has 0 aliphatic carbocycles. The number of carbonyl (C=O) groups excluding carboxylic acids is 1. The van der Waals surface area contributed by atoms with Gasteiger partial charge in [0.05, 0.1) is 36.7 Å². The Labute approximate surface area is 147 Å². The second kappa shape index (κ2) is 7.92. The molecule has 0 aliphatic heterocycles. The zero-order valence-electron chi connectivity index (χ0n) is 13.9. The highest BCUT2D eigenvalue weighted by atomic mass is 16.6. The third-order valence-corrected chi connectivity index (χ3v) is 3.53. The van der Waals surface area contributed by atoms with Gasteiger partial charge in [-0.3, -0.25) is 25.0 Å². The fourth-order valence-electron chi connectivity index (χ4n) is 2.22. The van der Waals surface area contributed by atoms with Crippen molar-refractivity contribution in [1.82, 2.24) is 0 Å². The van der Waals surface area contributed by atoms with Crippen LogP contribution in [0.3, 0.4) is 0 Å². The summed E-state index contributed by atoms with van der Waals surface area (Å²) in [5, 5.41) is 24.5. The molecule has 0 saturated heterocycles. The molecule has 0 radical (unpaired) electrons. The normalized spacial score (nSPS) is 10.1. The number of hydrogen-bond acceptors (Lipinski definition) is 8. The Morgan fingerprint density at radius 3 is 2.27 bits per heavy atom. The number of rotatable bonds is 8. The first-order chi connectivity index (χ1) is 12.4. The maximum absolute atomic E-state index is 12.3. The number of anilines is 1. The maximum Gasteiger partial charge on any atom is 0.299 e. The molecule has 0 atom stereocenters. The van der Waals surface area contributed by atoms with Gasteiger partial charge in [0.15, 0.2) is 17.3 Å². The average molecular weight is 361 g/mol. The molecule has 10 heteroatoms. The monoisotopic (exact) mass is 361 g/mol. The summed E-state index contributed by atoms with van der Waals surface area (Å²) >= 11 is 0. The topological polar surface area (TPSA) is 134 Å². The number of ketones is 1. The zero-order chi connectivity index (χ0) is 19.3. The van der Waals surface area contributed by atoms with Gasteiger partial charge in [-0.25, -0.2) is 0 Å². The van der Waals surface area contributed by atoms with Gasteiger partial charge >= 0.3 is 0 Å². The van der Waals surface area contributed by atoms with Crippen molar-refractivity contribution >= 4 is 22.8 Å². The van der Waals surface area contributed by atoms with Crippen LogP contribution in [0.2, 0.25) is 0 Å². The largest absolute Gasteiger partial charge is 0.493 e. The van der Waals surface area contributed by atoms with Gasteiger partial charge in [-0.15, -0.1) is 0 Å². The third-order valence-electron chi connectivity index (χ3n) is 3.53. The van der Waals surface area contributed by atoms with Gasteiger partial charge in [-0.1, -0.05) is 0 Å².